The first-order chi connectivity index (χ1) is 12.3. The number of thiazole rings is 1. The fourth-order valence-electron chi connectivity index (χ4n) is 3.40. The highest BCUT2D eigenvalue weighted by molar-refractivity contribution is 7.15. The van der Waals surface area contributed by atoms with Crippen molar-refractivity contribution >= 4 is 22.3 Å². The summed E-state index contributed by atoms with van der Waals surface area (Å²) >= 11 is 1.42. The van der Waals surface area contributed by atoms with E-state index in [1.165, 1.54) is 23.6 Å². The topological polar surface area (TPSA) is 112 Å². The molecule has 1 saturated heterocycles. The van der Waals surface area contributed by atoms with E-state index >= 15 is 0 Å². The molecule has 26 heavy (non-hydrogen) atoms. The number of nitrogens with two attached hydrogens (primary N) is 2. The molecule has 0 aliphatic carbocycles. The summed E-state index contributed by atoms with van der Waals surface area (Å²) in [7, 11) is 0. The molecule has 2 aromatic rings. The predicted octanol–water partition coefficient (Wildman–Crippen LogP) is 0.673. The Morgan fingerprint density at radius 3 is 2.85 bits per heavy atom. The second kappa shape index (κ2) is 6.25. The summed E-state index contributed by atoms with van der Waals surface area (Å²) in [6.45, 7) is 1.34. The van der Waals surface area contributed by atoms with Gasteiger partial charge in [0, 0.05) is 37.1 Å². The third-order valence-corrected chi connectivity index (χ3v) is 5.49. The standard InChI is InChI=1S/C15H18F2N6O2S/c16-15(17)3-8(4-22-5-9-10(6-22)26-13(19)20-9)25-11(15)7-23-2-1-12(18)21-14(23)24/h1-2,8,11H,3-7H2,(H2,19,20)(H2,18,21,24)/t8-,11-/m0/s1. The van der Waals surface area contributed by atoms with Crippen LogP contribution in [0.25, 0.3) is 0 Å². The molecule has 0 aromatic carbocycles. The van der Waals surface area contributed by atoms with Gasteiger partial charge in [0.05, 0.1) is 18.3 Å². The lowest BCUT2D eigenvalue weighted by Crippen LogP contribution is -2.36. The van der Waals surface area contributed by atoms with Gasteiger partial charge in [-0.3, -0.25) is 9.47 Å². The number of hydrogen-bond acceptors (Lipinski definition) is 8. The molecule has 0 unspecified atom stereocenters. The van der Waals surface area contributed by atoms with E-state index in [9.17, 15) is 13.6 Å². The molecular weight excluding hydrogens is 366 g/mol. The average molecular weight is 384 g/mol. The van der Waals surface area contributed by atoms with Crippen molar-refractivity contribution in [2.45, 2.75) is 44.2 Å². The van der Waals surface area contributed by atoms with E-state index in [4.69, 9.17) is 16.2 Å². The maximum atomic E-state index is 14.4. The Hall–Kier alpha value is -2.11. The monoisotopic (exact) mass is 384 g/mol. The molecule has 4 N–H and O–H groups in total. The zero-order valence-corrected chi connectivity index (χ0v) is 14.6. The van der Waals surface area contributed by atoms with Crippen LogP contribution in [0.1, 0.15) is 17.0 Å². The predicted molar refractivity (Wildman–Crippen MR) is 91.8 cm³/mol. The lowest BCUT2D eigenvalue weighted by atomic mass is 10.1. The fourth-order valence-corrected chi connectivity index (χ4v) is 4.28. The SMILES string of the molecule is Nc1ccn(C[C@@H]2O[C@H](CN3Cc4nc(N)sc4C3)CC2(F)F)c(=O)n1. The highest BCUT2D eigenvalue weighted by atomic mass is 32.1. The smallest absolute Gasteiger partial charge is 0.349 e. The summed E-state index contributed by atoms with van der Waals surface area (Å²) in [6, 6.07) is 1.40. The molecule has 8 nitrogen and oxygen atoms in total. The number of hydrogen-bond donors (Lipinski definition) is 2. The number of alkyl halides is 2. The van der Waals surface area contributed by atoms with E-state index in [2.05, 4.69) is 9.97 Å². The summed E-state index contributed by atoms with van der Waals surface area (Å²) in [5, 5.41) is 0.529. The van der Waals surface area contributed by atoms with Gasteiger partial charge in [-0.25, -0.2) is 18.6 Å². The fraction of sp³-hybridized carbons (Fsp3) is 0.533. The number of nitrogens with zero attached hydrogens (tertiary/aromatic N) is 4. The first-order valence-corrected chi connectivity index (χ1v) is 8.94. The van der Waals surface area contributed by atoms with Gasteiger partial charge in [-0.1, -0.05) is 0 Å². The van der Waals surface area contributed by atoms with E-state index in [1.54, 1.807) is 0 Å². The van der Waals surface area contributed by atoms with Crippen LogP contribution in [-0.4, -0.2) is 44.1 Å². The van der Waals surface area contributed by atoms with E-state index in [0.717, 1.165) is 15.1 Å². The van der Waals surface area contributed by atoms with Crippen molar-refractivity contribution in [1.29, 1.82) is 0 Å². The maximum absolute atomic E-state index is 14.4. The summed E-state index contributed by atoms with van der Waals surface area (Å²) in [5.41, 5.74) is 11.3. The van der Waals surface area contributed by atoms with Gasteiger partial charge in [0.15, 0.2) is 5.13 Å². The van der Waals surface area contributed by atoms with Crippen molar-refractivity contribution in [3.63, 3.8) is 0 Å². The zero-order valence-electron chi connectivity index (χ0n) is 13.8. The lowest BCUT2D eigenvalue weighted by Gasteiger charge is -2.20. The van der Waals surface area contributed by atoms with Crippen LogP contribution in [0.2, 0.25) is 0 Å². The molecule has 2 aliphatic heterocycles. The van der Waals surface area contributed by atoms with E-state index < -0.39 is 23.8 Å². The molecule has 140 valence electrons. The molecule has 2 aliphatic rings. The highest BCUT2D eigenvalue weighted by Crippen LogP contribution is 2.38. The molecule has 2 atom stereocenters. The van der Waals surface area contributed by atoms with Crippen molar-refractivity contribution in [2.75, 3.05) is 18.0 Å². The van der Waals surface area contributed by atoms with Crippen molar-refractivity contribution in [3.05, 3.63) is 33.3 Å². The van der Waals surface area contributed by atoms with Crippen LogP contribution in [-0.2, 0) is 24.4 Å². The summed E-state index contributed by atoms with van der Waals surface area (Å²) in [5.74, 6) is -2.96. The van der Waals surface area contributed by atoms with Gasteiger partial charge in [-0.05, 0) is 6.07 Å². The highest BCUT2D eigenvalue weighted by Gasteiger charge is 2.50. The summed E-state index contributed by atoms with van der Waals surface area (Å²) in [4.78, 5) is 22.7. The molecular formula is C15H18F2N6O2S. The minimum absolute atomic E-state index is 0.0546. The van der Waals surface area contributed by atoms with Gasteiger partial charge in [0.2, 0.25) is 0 Å². The Morgan fingerprint density at radius 2 is 2.12 bits per heavy atom. The molecule has 0 amide bonds. The van der Waals surface area contributed by atoms with Gasteiger partial charge in [-0.15, -0.1) is 11.3 Å². The Labute approximate surface area is 151 Å². The van der Waals surface area contributed by atoms with Gasteiger partial charge in [0.1, 0.15) is 11.9 Å². The van der Waals surface area contributed by atoms with E-state index in [1.807, 2.05) is 4.90 Å². The minimum Gasteiger partial charge on any atom is -0.383 e. The second-order valence-electron chi connectivity index (χ2n) is 6.59. The van der Waals surface area contributed by atoms with Crippen LogP contribution >= 0.6 is 11.3 Å². The zero-order chi connectivity index (χ0) is 18.5. The van der Waals surface area contributed by atoms with Crippen LogP contribution in [0, 0.1) is 0 Å². The number of rotatable bonds is 4. The third kappa shape index (κ3) is 3.29. The summed E-state index contributed by atoms with van der Waals surface area (Å²) in [6.07, 6.45) is -1.01. The number of halogens is 2. The van der Waals surface area contributed by atoms with E-state index in [-0.39, 0.29) is 18.8 Å². The molecule has 0 saturated carbocycles. The normalized spacial score (nSPS) is 24.8. The number of aromatic nitrogens is 3. The lowest BCUT2D eigenvalue weighted by molar-refractivity contribution is -0.0834. The van der Waals surface area contributed by atoms with Crippen LogP contribution in [0.3, 0.4) is 0 Å². The maximum Gasteiger partial charge on any atom is 0.349 e. The Kier molecular flexibility index (Phi) is 4.16. The van der Waals surface area contributed by atoms with Crippen molar-refractivity contribution in [1.82, 2.24) is 19.4 Å². The van der Waals surface area contributed by atoms with Crippen LogP contribution in [0.5, 0.6) is 0 Å². The minimum atomic E-state index is -3.02. The second-order valence-corrected chi connectivity index (χ2v) is 7.71. The molecule has 0 bridgehead atoms. The first kappa shape index (κ1) is 17.3. The Morgan fingerprint density at radius 1 is 1.31 bits per heavy atom. The number of fused-ring (bicyclic) bond motifs is 1. The van der Waals surface area contributed by atoms with Crippen molar-refractivity contribution in [2.24, 2.45) is 0 Å². The van der Waals surface area contributed by atoms with Gasteiger partial charge < -0.3 is 16.2 Å². The number of ether oxygens (including phenoxy) is 1. The molecule has 0 spiro atoms. The molecule has 0 radical (unpaired) electrons. The van der Waals surface area contributed by atoms with Gasteiger partial charge in [-0.2, -0.15) is 4.98 Å². The third-order valence-electron chi connectivity index (χ3n) is 4.58. The number of nitrogen functional groups attached to an aromatic ring is 2. The molecule has 2 aromatic heterocycles. The van der Waals surface area contributed by atoms with Crippen LogP contribution in [0.15, 0.2) is 17.1 Å². The molecule has 1 fully saturated rings. The van der Waals surface area contributed by atoms with Crippen LogP contribution in [0.4, 0.5) is 19.7 Å². The molecule has 4 rings (SSSR count). The average Bonchev–Trinajstić information content (AvgIpc) is 3.13. The van der Waals surface area contributed by atoms with Gasteiger partial charge >= 0.3 is 5.69 Å². The van der Waals surface area contributed by atoms with Crippen molar-refractivity contribution < 1.29 is 13.5 Å². The first-order valence-electron chi connectivity index (χ1n) is 8.13. The van der Waals surface area contributed by atoms with Crippen LogP contribution < -0.4 is 17.2 Å². The molecule has 4 heterocycles. The van der Waals surface area contributed by atoms with E-state index in [0.29, 0.717) is 24.8 Å². The quantitative estimate of drug-likeness (QED) is 0.797. The van der Waals surface area contributed by atoms with Crippen molar-refractivity contribution in [3.8, 4) is 0 Å². The summed E-state index contributed by atoms with van der Waals surface area (Å²) < 4.78 is 35.4. The van der Waals surface area contributed by atoms with Gasteiger partial charge in [0.25, 0.3) is 5.92 Å². The molecule has 11 heteroatoms. The largest absolute Gasteiger partial charge is 0.383 e. The Bertz CT molecular complexity index is 862. The Balaban J connectivity index is 1.40. The number of anilines is 2.